The number of nitrogens with one attached hydrogen (secondary N) is 3. The highest BCUT2D eigenvalue weighted by Crippen LogP contribution is 2.20. The van der Waals surface area contributed by atoms with Crippen LogP contribution in [0.1, 0.15) is 31.4 Å². The largest absolute Gasteiger partial charge is 0.459 e. The summed E-state index contributed by atoms with van der Waals surface area (Å²) in [6.45, 7) is 3.19. The first kappa shape index (κ1) is 28.8. The number of esters is 1. The summed E-state index contributed by atoms with van der Waals surface area (Å²) >= 11 is 0. The summed E-state index contributed by atoms with van der Waals surface area (Å²) in [4.78, 5) is 42.2. The Hall–Kier alpha value is -3.73. The highest BCUT2D eigenvalue weighted by atomic mass is 16.5. The summed E-state index contributed by atoms with van der Waals surface area (Å²) in [5.41, 5.74) is 8.08. The molecule has 3 rings (SSSR count). The molecule has 3 aromatic rings. The monoisotopic (exact) mass is 524 g/mol. The minimum absolute atomic E-state index is 0.00630. The number of benzene rings is 2. The first-order valence-corrected chi connectivity index (χ1v) is 12.6. The maximum Gasteiger partial charge on any atom is 0.329 e. The summed E-state index contributed by atoms with van der Waals surface area (Å²) in [5, 5.41) is 25.4. The van der Waals surface area contributed by atoms with Crippen LogP contribution in [0.5, 0.6) is 0 Å². The van der Waals surface area contributed by atoms with Gasteiger partial charge in [-0.3, -0.25) is 9.59 Å². The van der Waals surface area contributed by atoms with Gasteiger partial charge in [0.05, 0.1) is 12.6 Å². The molecule has 2 aromatic carbocycles. The van der Waals surface area contributed by atoms with Crippen LogP contribution >= 0.6 is 0 Å². The third-order valence-electron chi connectivity index (χ3n) is 6.15. The Kier molecular flexibility index (Phi) is 10.4. The summed E-state index contributed by atoms with van der Waals surface area (Å²) in [6, 6.07) is 13.5. The minimum Gasteiger partial charge on any atom is -0.459 e. The molecule has 204 valence electrons. The van der Waals surface area contributed by atoms with Gasteiger partial charge < -0.3 is 36.3 Å². The Morgan fingerprint density at radius 3 is 2.32 bits per heavy atom. The number of hydrogen-bond donors (Lipinski definition) is 6. The van der Waals surface area contributed by atoms with Crippen molar-refractivity contribution in [2.45, 2.75) is 57.5 Å². The molecule has 0 spiro atoms. The fourth-order valence-electron chi connectivity index (χ4n) is 4.07. The van der Waals surface area contributed by atoms with Gasteiger partial charge in [0.1, 0.15) is 24.8 Å². The molecule has 10 nitrogen and oxygen atoms in total. The number of aromatic amines is 1. The SMILES string of the molecule is CC(C)C[C@H](NC(=O)[C@@H](O)[C@H](N)CO)C(=O)N[C@@H](Cc1c[nH]c2ccccc12)C(=O)OCc1ccccc1. The normalized spacial score (nSPS) is 14.5. The highest BCUT2D eigenvalue weighted by Gasteiger charge is 2.31. The minimum atomic E-state index is -1.69. The number of ether oxygens (including phenoxy) is 1. The lowest BCUT2D eigenvalue weighted by Crippen LogP contribution is -2.56. The van der Waals surface area contributed by atoms with E-state index in [4.69, 9.17) is 15.6 Å². The standard InChI is InChI=1S/C28H36N4O6/c1-17(2)12-23(31-27(36)25(34)21(29)15-33)26(35)32-24(28(37)38-16-18-8-4-3-5-9-18)13-19-14-30-22-11-7-6-10-20(19)22/h3-11,14,17,21,23-25,30,33-34H,12-13,15-16,29H2,1-2H3,(H,31,36)(H,32,35)/t21-,23+,24+,25+/m1/s1. The van der Waals surface area contributed by atoms with Gasteiger partial charge in [0, 0.05) is 23.5 Å². The molecule has 0 aliphatic carbocycles. The molecular weight excluding hydrogens is 488 g/mol. The van der Waals surface area contributed by atoms with E-state index in [1.165, 1.54) is 0 Å². The zero-order chi connectivity index (χ0) is 27.7. The quantitative estimate of drug-likeness (QED) is 0.182. The van der Waals surface area contributed by atoms with Gasteiger partial charge in [-0.15, -0.1) is 0 Å². The topological polar surface area (TPSA) is 167 Å². The van der Waals surface area contributed by atoms with Crippen LogP contribution < -0.4 is 16.4 Å². The van der Waals surface area contributed by atoms with Crippen molar-refractivity contribution in [2.75, 3.05) is 6.61 Å². The van der Waals surface area contributed by atoms with Crippen molar-refractivity contribution in [3.05, 3.63) is 71.9 Å². The molecule has 0 aliphatic heterocycles. The van der Waals surface area contributed by atoms with Gasteiger partial charge in [-0.1, -0.05) is 62.4 Å². The Labute approximate surface area is 221 Å². The van der Waals surface area contributed by atoms with Crippen LogP contribution in [0.4, 0.5) is 0 Å². The molecule has 7 N–H and O–H groups in total. The van der Waals surface area contributed by atoms with Crippen molar-refractivity contribution in [1.82, 2.24) is 15.6 Å². The number of rotatable bonds is 13. The van der Waals surface area contributed by atoms with E-state index in [0.29, 0.717) is 0 Å². The average molecular weight is 525 g/mol. The van der Waals surface area contributed by atoms with Gasteiger partial charge in [-0.05, 0) is 29.5 Å². The predicted molar refractivity (Wildman–Crippen MR) is 143 cm³/mol. The van der Waals surface area contributed by atoms with E-state index in [9.17, 15) is 19.5 Å². The second-order valence-corrected chi connectivity index (χ2v) is 9.70. The predicted octanol–water partition coefficient (Wildman–Crippen LogP) is 1.15. The molecule has 0 saturated carbocycles. The van der Waals surface area contributed by atoms with E-state index >= 15 is 0 Å². The summed E-state index contributed by atoms with van der Waals surface area (Å²) in [6.07, 6.45) is 0.496. The molecule has 1 aromatic heterocycles. The van der Waals surface area contributed by atoms with Gasteiger partial charge in [-0.2, -0.15) is 0 Å². The number of H-pyrrole nitrogens is 1. The Morgan fingerprint density at radius 1 is 0.974 bits per heavy atom. The number of hydrogen-bond acceptors (Lipinski definition) is 7. The average Bonchev–Trinajstić information content (AvgIpc) is 3.33. The molecule has 4 atom stereocenters. The number of aliphatic hydroxyl groups is 2. The van der Waals surface area contributed by atoms with E-state index in [-0.39, 0.29) is 25.4 Å². The molecule has 0 fully saturated rings. The molecule has 10 heteroatoms. The molecule has 2 amide bonds. The fraction of sp³-hybridized carbons (Fsp3) is 0.393. The van der Waals surface area contributed by atoms with E-state index in [0.717, 1.165) is 22.0 Å². The number of aromatic nitrogens is 1. The lowest BCUT2D eigenvalue weighted by molar-refractivity contribution is -0.149. The molecule has 0 aliphatic rings. The molecule has 0 saturated heterocycles. The third kappa shape index (κ3) is 7.88. The van der Waals surface area contributed by atoms with Crippen LogP contribution in [-0.4, -0.2) is 63.8 Å². The Bertz CT molecular complexity index is 1210. The molecule has 38 heavy (non-hydrogen) atoms. The van der Waals surface area contributed by atoms with Crippen LogP contribution in [0.15, 0.2) is 60.8 Å². The number of amides is 2. The van der Waals surface area contributed by atoms with Crippen molar-refractivity contribution in [1.29, 1.82) is 0 Å². The van der Waals surface area contributed by atoms with E-state index in [1.807, 2.05) is 68.4 Å². The summed E-state index contributed by atoms with van der Waals surface area (Å²) < 4.78 is 5.54. The van der Waals surface area contributed by atoms with Crippen LogP contribution in [0.3, 0.4) is 0 Å². The Morgan fingerprint density at radius 2 is 1.63 bits per heavy atom. The van der Waals surface area contributed by atoms with Crippen molar-refractivity contribution < 1.29 is 29.3 Å². The number of aliphatic hydroxyl groups excluding tert-OH is 2. The zero-order valence-corrected chi connectivity index (χ0v) is 21.6. The molecule has 0 radical (unpaired) electrons. The number of nitrogens with two attached hydrogens (primary N) is 1. The van der Waals surface area contributed by atoms with Gasteiger partial charge in [0.2, 0.25) is 5.91 Å². The van der Waals surface area contributed by atoms with Gasteiger partial charge in [-0.25, -0.2) is 4.79 Å². The number of para-hydroxylation sites is 1. The van der Waals surface area contributed by atoms with Crippen LogP contribution in [0.2, 0.25) is 0 Å². The maximum atomic E-state index is 13.4. The Balaban J connectivity index is 1.80. The lowest BCUT2D eigenvalue weighted by Gasteiger charge is -2.25. The van der Waals surface area contributed by atoms with E-state index in [1.54, 1.807) is 6.20 Å². The van der Waals surface area contributed by atoms with Gasteiger partial charge in [0.25, 0.3) is 5.91 Å². The smallest absolute Gasteiger partial charge is 0.329 e. The highest BCUT2D eigenvalue weighted by molar-refractivity contribution is 5.92. The van der Waals surface area contributed by atoms with Gasteiger partial charge in [0.15, 0.2) is 0 Å². The lowest BCUT2D eigenvalue weighted by atomic mass is 10.0. The molecule has 0 bridgehead atoms. The molecular formula is C28H36N4O6. The third-order valence-corrected chi connectivity index (χ3v) is 6.15. The second-order valence-electron chi connectivity index (χ2n) is 9.70. The summed E-state index contributed by atoms with van der Waals surface area (Å²) in [5.74, 6) is -2.10. The first-order chi connectivity index (χ1) is 18.2. The van der Waals surface area contributed by atoms with Crippen molar-refractivity contribution >= 4 is 28.7 Å². The molecule has 0 unspecified atom stereocenters. The van der Waals surface area contributed by atoms with Crippen molar-refractivity contribution in [3.63, 3.8) is 0 Å². The number of fused-ring (bicyclic) bond motifs is 1. The first-order valence-electron chi connectivity index (χ1n) is 12.6. The van der Waals surface area contributed by atoms with E-state index in [2.05, 4.69) is 15.6 Å². The van der Waals surface area contributed by atoms with Crippen LogP contribution in [0, 0.1) is 5.92 Å². The fourth-order valence-corrected chi connectivity index (χ4v) is 4.07. The van der Waals surface area contributed by atoms with Crippen molar-refractivity contribution in [2.24, 2.45) is 11.7 Å². The second kappa shape index (κ2) is 13.7. The van der Waals surface area contributed by atoms with Gasteiger partial charge >= 0.3 is 5.97 Å². The summed E-state index contributed by atoms with van der Waals surface area (Å²) in [7, 11) is 0. The van der Waals surface area contributed by atoms with E-state index < -0.39 is 48.6 Å². The zero-order valence-electron chi connectivity index (χ0n) is 21.6. The maximum absolute atomic E-state index is 13.4. The van der Waals surface area contributed by atoms with Crippen LogP contribution in [-0.2, 0) is 32.1 Å². The van der Waals surface area contributed by atoms with Crippen LogP contribution in [0.25, 0.3) is 10.9 Å². The number of carbonyl (C=O) groups excluding carboxylic acids is 3. The number of carbonyl (C=O) groups is 3. The molecule has 1 heterocycles. The van der Waals surface area contributed by atoms with Crippen molar-refractivity contribution in [3.8, 4) is 0 Å².